The minimum atomic E-state index is -4.88. The van der Waals surface area contributed by atoms with Crippen molar-refractivity contribution in [2.45, 2.75) is 30.9 Å². The number of ether oxygens (including phenoxy) is 3. The zero-order chi connectivity index (χ0) is 39.8. The molecule has 0 aliphatic heterocycles. The molecule has 12 heteroatoms. The zero-order valence-corrected chi connectivity index (χ0v) is 20.6. The molecule has 39 heavy (non-hydrogen) atoms. The van der Waals surface area contributed by atoms with Crippen LogP contribution in [-0.4, -0.2) is 53.7 Å². The molecule has 2 heterocycles. The largest absolute Gasteiger partial charge is 0.493 e. The highest BCUT2D eigenvalue weighted by atomic mass is 32.2. The Morgan fingerprint density at radius 2 is 1.69 bits per heavy atom. The molecule has 11 nitrogen and oxygen atoms in total. The van der Waals surface area contributed by atoms with Crippen molar-refractivity contribution in [1.82, 2.24) is 19.9 Å². The standard InChI is InChI=1S/C27H29N5O6S/c1-27(2,3)18-10-12-19(13-11-18)39(34,35)32-23-22(38-21-9-6-5-8-20(21)36-4)26(37-17-16-33)31-25(30-23)24-28-14-7-15-29-24/h5-15,33H,16-17H2,1-4H3,(H,30,31,32)/i1D3,2D3,3D3,4D3,16D2. The fourth-order valence-corrected chi connectivity index (χ4v) is 4.11. The van der Waals surface area contributed by atoms with Gasteiger partial charge in [0.05, 0.1) is 25.3 Å². The predicted octanol–water partition coefficient (Wildman–Crippen LogP) is 4.20. The Morgan fingerprint density at radius 3 is 2.36 bits per heavy atom. The lowest BCUT2D eigenvalue weighted by Crippen LogP contribution is -2.17. The molecule has 0 saturated heterocycles. The highest BCUT2D eigenvalue weighted by Gasteiger charge is 2.26. The number of nitrogens with zero attached hydrogens (tertiary/aromatic N) is 4. The molecule has 4 aromatic rings. The van der Waals surface area contributed by atoms with Crippen LogP contribution in [-0.2, 0) is 15.4 Å². The summed E-state index contributed by atoms with van der Waals surface area (Å²) < 4.78 is 155. The third-order valence-electron chi connectivity index (χ3n) is 4.87. The Morgan fingerprint density at radius 1 is 0.974 bits per heavy atom. The molecule has 0 amide bonds. The molecule has 0 aliphatic rings. The first-order valence-corrected chi connectivity index (χ1v) is 12.3. The van der Waals surface area contributed by atoms with Crippen LogP contribution in [0.4, 0.5) is 5.82 Å². The quantitative estimate of drug-likeness (QED) is 0.287. The summed E-state index contributed by atoms with van der Waals surface area (Å²) in [6.07, 6.45) is 2.57. The van der Waals surface area contributed by atoms with Crippen LogP contribution in [0.25, 0.3) is 11.6 Å². The van der Waals surface area contributed by atoms with Gasteiger partial charge in [-0.15, -0.1) is 0 Å². The van der Waals surface area contributed by atoms with Crippen molar-refractivity contribution in [2.75, 3.05) is 24.9 Å². The summed E-state index contributed by atoms with van der Waals surface area (Å²) in [6.45, 7) is -14.9. The second-order valence-electron chi connectivity index (χ2n) is 7.58. The van der Waals surface area contributed by atoms with Gasteiger partial charge in [0.1, 0.15) is 6.61 Å². The van der Waals surface area contributed by atoms with E-state index in [1.807, 2.05) is 0 Å². The predicted molar refractivity (Wildman–Crippen MR) is 145 cm³/mol. The van der Waals surface area contributed by atoms with Crippen LogP contribution in [0.15, 0.2) is 71.9 Å². The van der Waals surface area contributed by atoms with Gasteiger partial charge >= 0.3 is 0 Å². The maximum atomic E-state index is 13.9. The Balaban J connectivity index is 1.92. The van der Waals surface area contributed by atoms with Crippen molar-refractivity contribution < 1.29 is 46.9 Å². The van der Waals surface area contributed by atoms with Gasteiger partial charge in [-0.2, -0.15) is 4.98 Å². The van der Waals surface area contributed by atoms with Gasteiger partial charge < -0.3 is 19.3 Å². The maximum absolute atomic E-state index is 13.9. The third-order valence-corrected chi connectivity index (χ3v) is 6.23. The Labute approximate surface area is 246 Å². The molecule has 2 aromatic heterocycles. The van der Waals surface area contributed by atoms with E-state index in [0.717, 1.165) is 24.3 Å². The minimum Gasteiger partial charge on any atom is -0.493 e. The van der Waals surface area contributed by atoms with Gasteiger partial charge in [-0.05, 0) is 41.3 Å². The lowest BCUT2D eigenvalue weighted by Gasteiger charge is -2.20. The Bertz CT molecular complexity index is 1980. The van der Waals surface area contributed by atoms with E-state index in [2.05, 4.69) is 24.7 Å². The summed E-state index contributed by atoms with van der Waals surface area (Å²) in [7, 11) is -7.86. The first-order chi connectivity index (χ1) is 24.2. The van der Waals surface area contributed by atoms with Crippen LogP contribution < -0.4 is 18.9 Å². The van der Waals surface area contributed by atoms with Crippen LogP contribution in [0.3, 0.4) is 0 Å². The fourth-order valence-electron chi connectivity index (χ4n) is 3.10. The van der Waals surface area contributed by atoms with Crippen LogP contribution in [0, 0.1) is 0 Å². The average Bonchev–Trinajstić information content (AvgIpc) is 2.99. The van der Waals surface area contributed by atoms with E-state index in [1.54, 1.807) is 0 Å². The van der Waals surface area contributed by atoms with Crippen molar-refractivity contribution >= 4 is 15.8 Å². The number of benzene rings is 2. The molecule has 0 atom stereocenters. The van der Waals surface area contributed by atoms with Crippen molar-refractivity contribution in [3.05, 3.63) is 72.6 Å². The second kappa shape index (κ2) is 11.6. The fraction of sp³-hybridized carbons (Fsp3) is 0.259. The first-order valence-electron chi connectivity index (χ1n) is 17.8. The van der Waals surface area contributed by atoms with Crippen molar-refractivity contribution in [3.8, 4) is 34.8 Å². The molecule has 0 bridgehead atoms. The number of aliphatic hydroxyl groups is 1. The van der Waals surface area contributed by atoms with Crippen LogP contribution in [0.2, 0.25) is 0 Å². The monoisotopic (exact) mass is 565 g/mol. The van der Waals surface area contributed by atoms with Gasteiger partial charge in [-0.3, -0.25) is 4.72 Å². The molecule has 0 unspecified atom stereocenters. The van der Waals surface area contributed by atoms with E-state index in [4.69, 9.17) is 33.4 Å². The second-order valence-corrected chi connectivity index (χ2v) is 9.26. The SMILES string of the molecule is [2H]C([2H])(O)COc1nc(-c2ncccn2)nc(NS(=O)(=O)c2ccc(C(C([2H])([2H])[2H])(C([2H])([2H])[2H])C([2H])([2H])[2H])cc2)c1Oc1ccccc1OC([2H])([2H])[2H]. The number of hydrogen-bond acceptors (Lipinski definition) is 10. The lowest BCUT2D eigenvalue weighted by atomic mass is 9.87. The topological polar surface area (TPSA) is 146 Å². The van der Waals surface area contributed by atoms with Crippen molar-refractivity contribution in [1.29, 1.82) is 0 Å². The summed E-state index contributed by atoms with van der Waals surface area (Å²) >= 11 is 0. The summed E-state index contributed by atoms with van der Waals surface area (Å²) in [5.74, 6) is -3.56. The molecular formula is C27H29N5O6S. The van der Waals surface area contributed by atoms with Gasteiger partial charge in [-0.25, -0.2) is 23.4 Å². The number of hydrogen-bond donors (Lipinski definition) is 2. The number of nitrogens with one attached hydrogen (secondary N) is 1. The number of para-hydroxylation sites is 2. The van der Waals surface area contributed by atoms with Gasteiger partial charge in [0.25, 0.3) is 15.9 Å². The van der Waals surface area contributed by atoms with Gasteiger partial charge in [-0.1, -0.05) is 44.8 Å². The zero-order valence-electron chi connectivity index (χ0n) is 33.7. The van der Waals surface area contributed by atoms with Crippen molar-refractivity contribution in [3.63, 3.8) is 0 Å². The molecule has 204 valence electrons. The molecule has 0 saturated carbocycles. The highest BCUT2D eigenvalue weighted by molar-refractivity contribution is 7.92. The number of methoxy groups -OCH3 is 1. The van der Waals surface area contributed by atoms with E-state index < -0.39 is 89.9 Å². The Hall–Kier alpha value is -4.29. The van der Waals surface area contributed by atoms with E-state index in [1.165, 1.54) is 42.7 Å². The van der Waals surface area contributed by atoms with Gasteiger partial charge in [0.15, 0.2) is 23.1 Å². The molecule has 2 aromatic carbocycles. The average molecular weight is 566 g/mol. The molecule has 0 fully saturated rings. The lowest BCUT2D eigenvalue weighted by molar-refractivity contribution is 0.192. The third kappa shape index (κ3) is 6.59. The number of aromatic nitrogens is 4. The summed E-state index contributed by atoms with van der Waals surface area (Å²) in [6, 6.07) is 9.63. The van der Waals surface area contributed by atoms with Crippen LogP contribution >= 0.6 is 0 Å². The van der Waals surface area contributed by atoms with Crippen molar-refractivity contribution in [2.24, 2.45) is 0 Å². The number of anilines is 1. The van der Waals surface area contributed by atoms with E-state index in [9.17, 15) is 13.5 Å². The number of rotatable bonds is 10. The summed E-state index contributed by atoms with van der Waals surface area (Å²) in [5, 5.41) is 9.75. The minimum absolute atomic E-state index is 0.206. The smallest absolute Gasteiger partial charge is 0.263 e. The van der Waals surface area contributed by atoms with Gasteiger partial charge in [0.2, 0.25) is 11.6 Å². The number of sulfonamides is 1. The van der Waals surface area contributed by atoms with E-state index in [0.29, 0.717) is 0 Å². The Kier molecular flexibility index (Phi) is 4.40. The van der Waals surface area contributed by atoms with E-state index in [-0.39, 0.29) is 17.3 Å². The highest BCUT2D eigenvalue weighted by Crippen LogP contribution is 2.41. The summed E-state index contributed by atoms with van der Waals surface area (Å²) in [4.78, 5) is 15.6. The molecule has 0 spiro atoms. The molecule has 0 aliphatic carbocycles. The molecule has 2 N–H and O–H groups in total. The normalized spacial score (nSPS) is 18.6. The molecule has 4 rings (SSSR count). The van der Waals surface area contributed by atoms with E-state index >= 15 is 0 Å². The summed E-state index contributed by atoms with van der Waals surface area (Å²) in [5.41, 5.74) is -4.15. The first kappa shape index (κ1) is 14.8. The van der Waals surface area contributed by atoms with Crippen LogP contribution in [0.1, 0.15) is 45.3 Å². The maximum Gasteiger partial charge on any atom is 0.263 e. The van der Waals surface area contributed by atoms with Crippen LogP contribution in [0.5, 0.6) is 23.1 Å². The molecular weight excluding hydrogens is 522 g/mol. The van der Waals surface area contributed by atoms with Gasteiger partial charge in [0, 0.05) is 24.7 Å². The molecule has 0 radical (unpaired) electrons.